The topological polar surface area (TPSA) is 98.1 Å². The Kier molecular flexibility index (Phi) is 5.59. The van der Waals surface area contributed by atoms with Crippen LogP contribution in [0.4, 0.5) is 11.5 Å². The van der Waals surface area contributed by atoms with E-state index in [2.05, 4.69) is 54.6 Å². The molecule has 198 valence electrons. The van der Waals surface area contributed by atoms with Crippen LogP contribution in [-0.4, -0.2) is 37.0 Å². The van der Waals surface area contributed by atoms with Gasteiger partial charge in [-0.2, -0.15) is 0 Å². The van der Waals surface area contributed by atoms with Crippen molar-refractivity contribution in [1.29, 1.82) is 0 Å². The molecule has 0 radical (unpaired) electrons. The number of rotatable bonds is 4. The van der Waals surface area contributed by atoms with Gasteiger partial charge in [0.2, 0.25) is 0 Å². The molecule has 2 aliphatic rings. The number of nitrogens with zero attached hydrogens (tertiary/aromatic N) is 6. The fourth-order valence-electron chi connectivity index (χ4n) is 5.67. The summed E-state index contributed by atoms with van der Waals surface area (Å²) in [5, 5.41) is 4.47. The van der Waals surface area contributed by atoms with Crippen LogP contribution in [0, 0.1) is 6.92 Å². The van der Waals surface area contributed by atoms with Gasteiger partial charge < -0.3 is 19.5 Å². The van der Waals surface area contributed by atoms with E-state index in [1.54, 1.807) is 12.5 Å². The largest absolute Gasteiger partial charge is 0.424 e. The quantitative estimate of drug-likeness (QED) is 0.294. The van der Waals surface area contributed by atoms with Crippen LogP contribution in [0.3, 0.4) is 0 Å². The number of ether oxygens (including phenoxy) is 1. The fraction of sp³-hybridized carbons (Fsp3) is 0.194. The number of fused-ring (bicyclic) bond motifs is 2. The number of piperidine rings is 1. The van der Waals surface area contributed by atoms with Gasteiger partial charge in [0, 0.05) is 48.9 Å². The maximum Gasteiger partial charge on any atom is 0.322 e. The van der Waals surface area contributed by atoms with Crippen LogP contribution in [-0.2, 0) is 18.4 Å². The van der Waals surface area contributed by atoms with Gasteiger partial charge in [0.15, 0.2) is 0 Å². The van der Waals surface area contributed by atoms with Gasteiger partial charge >= 0.3 is 6.01 Å². The van der Waals surface area contributed by atoms with Crippen LogP contribution in [0.1, 0.15) is 24.1 Å². The Hall–Kier alpha value is -5.05. The number of hydrogen-bond donors (Lipinski definition) is 1. The summed E-state index contributed by atoms with van der Waals surface area (Å²) in [7, 11) is 2.03. The van der Waals surface area contributed by atoms with Crippen LogP contribution >= 0.6 is 0 Å². The molecule has 3 aromatic heterocycles. The molecule has 9 heteroatoms. The summed E-state index contributed by atoms with van der Waals surface area (Å²) in [5.41, 5.74) is 8.47. The van der Waals surface area contributed by atoms with Crippen molar-refractivity contribution in [2.45, 2.75) is 26.3 Å². The molecule has 0 unspecified atom stereocenters. The molecule has 1 saturated heterocycles. The Labute approximate surface area is 231 Å². The number of aryl methyl sites for hydroxylation is 2. The average Bonchev–Trinajstić information content (AvgIpc) is 3.16. The number of amides is 1. The van der Waals surface area contributed by atoms with E-state index >= 15 is 0 Å². The lowest BCUT2D eigenvalue weighted by Crippen LogP contribution is -2.36. The van der Waals surface area contributed by atoms with E-state index in [4.69, 9.17) is 4.74 Å². The normalized spacial score (nSPS) is 14.6. The molecule has 0 bridgehead atoms. The van der Waals surface area contributed by atoms with Crippen LogP contribution in [0.5, 0.6) is 11.8 Å². The average molecular weight is 530 g/mol. The standard InChI is InChI=1S/C31H27N7O2/c1-18-5-4-14-38(30(18)39)22-8-6-20(7-9-22)27-25-24-11-10-23(40-31-32-13-12-19(2)36-31)15-21(24)16-33-28-26(25)29(37(27)3)35-17-34-28/h6-13,15,17H,1,4-5,14,16H2,2-3H3,(H,33,34,35). The van der Waals surface area contributed by atoms with Gasteiger partial charge in [-0.15, -0.1) is 0 Å². The van der Waals surface area contributed by atoms with E-state index in [9.17, 15) is 4.79 Å². The summed E-state index contributed by atoms with van der Waals surface area (Å²) in [6, 6.07) is 16.4. The first-order chi connectivity index (χ1) is 19.5. The maximum atomic E-state index is 12.7. The Morgan fingerprint density at radius 2 is 1.90 bits per heavy atom. The van der Waals surface area contributed by atoms with E-state index in [1.807, 2.05) is 49.2 Å². The maximum absolute atomic E-state index is 12.7. The Morgan fingerprint density at radius 1 is 1.05 bits per heavy atom. The zero-order valence-corrected chi connectivity index (χ0v) is 22.3. The predicted octanol–water partition coefficient (Wildman–Crippen LogP) is 5.80. The molecule has 40 heavy (non-hydrogen) atoms. The number of anilines is 2. The van der Waals surface area contributed by atoms with Crippen molar-refractivity contribution in [2.24, 2.45) is 7.05 Å². The van der Waals surface area contributed by atoms with Crippen LogP contribution in [0.15, 0.2) is 73.2 Å². The SMILES string of the molecule is C=C1CCCN(c2ccc(-c3c4c5c(ncnc5n3C)NCc3cc(Oc5nccc(C)n5)ccc3-4)cc2)C1=O. The highest BCUT2D eigenvalue weighted by Gasteiger charge is 2.27. The van der Waals surface area contributed by atoms with Gasteiger partial charge in [0.05, 0.1) is 11.1 Å². The van der Waals surface area contributed by atoms with Gasteiger partial charge in [-0.1, -0.05) is 24.8 Å². The fourth-order valence-corrected chi connectivity index (χ4v) is 5.67. The molecule has 0 aliphatic carbocycles. The van der Waals surface area contributed by atoms with Crippen molar-refractivity contribution in [2.75, 3.05) is 16.8 Å². The number of benzene rings is 2. The van der Waals surface area contributed by atoms with Crippen LogP contribution in [0.25, 0.3) is 33.4 Å². The molecule has 2 aliphatic heterocycles. The predicted molar refractivity (Wildman–Crippen MR) is 154 cm³/mol. The van der Waals surface area contributed by atoms with Crippen LogP contribution < -0.4 is 15.0 Å². The number of carbonyl (C=O) groups is 1. The molecular formula is C31H27N7O2. The number of aromatic nitrogens is 5. The van der Waals surface area contributed by atoms with Crippen molar-refractivity contribution < 1.29 is 9.53 Å². The molecular weight excluding hydrogens is 502 g/mol. The first-order valence-electron chi connectivity index (χ1n) is 13.3. The van der Waals surface area contributed by atoms with Crippen LogP contribution in [0.2, 0.25) is 0 Å². The zero-order chi connectivity index (χ0) is 27.4. The molecule has 5 heterocycles. The van der Waals surface area contributed by atoms with Crippen molar-refractivity contribution >= 4 is 28.4 Å². The monoisotopic (exact) mass is 529 g/mol. The smallest absolute Gasteiger partial charge is 0.322 e. The summed E-state index contributed by atoms with van der Waals surface area (Å²) in [6.45, 7) is 7.13. The summed E-state index contributed by atoms with van der Waals surface area (Å²) < 4.78 is 8.11. The Bertz CT molecular complexity index is 1820. The number of hydrogen-bond acceptors (Lipinski definition) is 7. The molecule has 1 amide bonds. The van der Waals surface area contributed by atoms with E-state index in [0.717, 1.165) is 69.0 Å². The molecule has 0 atom stereocenters. The molecule has 0 saturated carbocycles. The van der Waals surface area contributed by atoms with Gasteiger partial charge in [-0.05, 0) is 66.8 Å². The van der Waals surface area contributed by atoms with E-state index < -0.39 is 0 Å². The van der Waals surface area contributed by atoms with Crippen molar-refractivity contribution in [1.82, 2.24) is 24.5 Å². The molecule has 9 nitrogen and oxygen atoms in total. The molecule has 5 aromatic rings. The lowest BCUT2D eigenvalue weighted by atomic mass is 9.95. The first-order valence-corrected chi connectivity index (χ1v) is 13.3. The zero-order valence-electron chi connectivity index (χ0n) is 22.3. The number of nitrogens with one attached hydrogen (secondary N) is 1. The second-order valence-corrected chi connectivity index (χ2v) is 10.2. The highest BCUT2D eigenvalue weighted by Crippen LogP contribution is 2.46. The van der Waals surface area contributed by atoms with E-state index in [1.165, 1.54) is 0 Å². The highest BCUT2D eigenvalue weighted by atomic mass is 16.5. The summed E-state index contributed by atoms with van der Waals surface area (Å²) in [4.78, 5) is 32.4. The lowest BCUT2D eigenvalue weighted by molar-refractivity contribution is -0.115. The first kappa shape index (κ1) is 24.0. The second-order valence-electron chi connectivity index (χ2n) is 10.2. The van der Waals surface area contributed by atoms with Gasteiger partial charge in [0.25, 0.3) is 5.91 Å². The van der Waals surface area contributed by atoms with Gasteiger partial charge in [-0.25, -0.2) is 19.9 Å². The summed E-state index contributed by atoms with van der Waals surface area (Å²) in [5.74, 6) is 1.45. The second kappa shape index (κ2) is 9.30. The third kappa shape index (κ3) is 3.89. The lowest BCUT2D eigenvalue weighted by Gasteiger charge is -2.28. The minimum absolute atomic E-state index is 0.00388. The third-order valence-electron chi connectivity index (χ3n) is 7.60. The molecule has 1 N–H and O–H groups in total. The Morgan fingerprint density at radius 3 is 2.73 bits per heavy atom. The van der Waals surface area contributed by atoms with Gasteiger partial charge in [0.1, 0.15) is 23.5 Å². The minimum Gasteiger partial charge on any atom is -0.424 e. The Balaban J connectivity index is 1.34. The third-order valence-corrected chi connectivity index (χ3v) is 7.60. The number of carbonyl (C=O) groups excluding carboxylic acids is 1. The summed E-state index contributed by atoms with van der Waals surface area (Å²) >= 11 is 0. The van der Waals surface area contributed by atoms with Crippen molar-refractivity contribution in [3.05, 3.63) is 84.5 Å². The van der Waals surface area contributed by atoms with E-state index in [-0.39, 0.29) is 5.91 Å². The van der Waals surface area contributed by atoms with Gasteiger partial charge in [-0.3, -0.25) is 4.79 Å². The molecule has 2 aromatic carbocycles. The molecule has 0 spiro atoms. The molecule has 7 rings (SSSR count). The van der Waals surface area contributed by atoms with E-state index in [0.29, 0.717) is 30.4 Å². The molecule has 1 fully saturated rings. The summed E-state index contributed by atoms with van der Waals surface area (Å²) in [6.07, 6.45) is 4.96. The van der Waals surface area contributed by atoms with Crippen molar-refractivity contribution in [3.63, 3.8) is 0 Å². The van der Waals surface area contributed by atoms with Crippen molar-refractivity contribution in [3.8, 4) is 34.1 Å². The highest BCUT2D eigenvalue weighted by molar-refractivity contribution is 6.10. The minimum atomic E-state index is 0.00388.